The molecule has 1 aromatic heterocycles. The molecule has 0 aliphatic carbocycles. The Morgan fingerprint density at radius 3 is 2.80 bits per heavy atom. The Balaban J connectivity index is 1.35. The van der Waals surface area contributed by atoms with E-state index in [1.165, 1.54) is 12.1 Å². The molecular weight excluding hydrogens is 387 g/mol. The lowest BCUT2D eigenvalue weighted by molar-refractivity contribution is -0.142. The zero-order valence-corrected chi connectivity index (χ0v) is 16.9. The van der Waals surface area contributed by atoms with E-state index in [1.807, 2.05) is 25.4 Å². The van der Waals surface area contributed by atoms with Gasteiger partial charge in [-0.1, -0.05) is 24.3 Å². The highest BCUT2D eigenvalue weighted by molar-refractivity contribution is 5.93. The fourth-order valence-electron chi connectivity index (χ4n) is 4.96. The average Bonchev–Trinajstić information content (AvgIpc) is 3.45. The van der Waals surface area contributed by atoms with E-state index in [1.54, 1.807) is 39.9 Å². The third-order valence-corrected chi connectivity index (χ3v) is 6.30. The molecule has 2 saturated heterocycles. The second-order valence-corrected chi connectivity index (χ2v) is 8.44. The standard InChI is InChI=1S/C22H23FN4O3/c1-25(10-15-9-24-26(2)11-15)20(28)18-17-7-8-22(30-17)13-27(21(29)19(18)22)12-14-3-5-16(23)6-4-14/h3-9,11,17-19H,10,12-13H2,1-2H3/t17-,18?,19?,22-/m0/s1. The van der Waals surface area contributed by atoms with Gasteiger partial charge in [0.15, 0.2) is 0 Å². The normalized spacial score (nSPS) is 29.0. The number of amides is 2. The van der Waals surface area contributed by atoms with Crippen molar-refractivity contribution in [2.45, 2.75) is 24.8 Å². The van der Waals surface area contributed by atoms with Crippen LogP contribution in [0.3, 0.4) is 0 Å². The van der Waals surface area contributed by atoms with Crippen LogP contribution in [-0.4, -0.2) is 56.7 Å². The molecule has 5 rings (SSSR count). The number of rotatable bonds is 5. The van der Waals surface area contributed by atoms with Crippen molar-refractivity contribution in [1.82, 2.24) is 19.6 Å². The summed E-state index contributed by atoms with van der Waals surface area (Å²) in [6.07, 6.45) is 7.07. The summed E-state index contributed by atoms with van der Waals surface area (Å²) in [5, 5.41) is 4.14. The molecule has 0 N–H and O–H groups in total. The van der Waals surface area contributed by atoms with E-state index in [4.69, 9.17) is 4.74 Å². The Morgan fingerprint density at radius 1 is 1.33 bits per heavy atom. The smallest absolute Gasteiger partial charge is 0.230 e. The van der Waals surface area contributed by atoms with E-state index >= 15 is 0 Å². The molecule has 2 unspecified atom stereocenters. The minimum Gasteiger partial charge on any atom is -0.360 e. The molecular formula is C22H23FN4O3. The van der Waals surface area contributed by atoms with Crippen molar-refractivity contribution in [1.29, 1.82) is 0 Å². The summed E-state index contributed by atoms with van der Waals surface area (Å²) in [4.78, 5) is 30.0. The van der Waals surface area contributed by atoms with Crippen LogP contribution < -0.4 is 0 Å². The van der Waals surface area contributed by atoms with Crippen LogP contribution in [0.4, 0.5) is 4.39 Å². The van der Waals surface area contributed by atoms with Gasteiger partial charge in [0, 0.05) is 38.9 Å². The number of likely N-dealkylation sites (tertiary alicyclic amines) is 1. The Hall–Kier alpha value is -3.00. The molecule has 4 atom stereocenters. The van der Waals surface area contributed by atoms with Crippen LogP contribution in [0.25, 0.3) is 0 Å². The molecule has 1 spiro atoms. The second kappa shape index (κ2) is 6.77. The predicted octanol–water partition coefficient (Wildman–Crippen LogP) is 1.50. The Bertz CT molecular complexity index is 1030. The van der Waals surface area contributed by atoms with Gasteiger partial charge >= 0.3 is 0 Å². The van der Waals surface area contributed by atoms with Gasteiger partial charge in [0.2, 0.25) is 11.8 Å². The van der Waals surface area contributed by atoms with Crippen LogP contribution in [0.2, 0.25) is 0 Å². The summed E-state index contributed by atoms with van der Waals surface area (Å²) in [6, 6.07) is 6.12. The number of aromatic nitrogens is 2. The van der Waals surface area contributed by atoms with Gasteiger partial charge in [0.1, 0.15) is 11.4 Å². The van der Waals surface area contributed by atoms with Gasteiger partial charge in [-0.15, -0.1) is 0 Å². The average molecular weight is 410 g/mol. The zero-order chi connectivity index (χ0) is 21.0. The number of hydrogen-bond acceptors (Lipinski definition) is 4. The van der Waals surface area contributed by atoms with Crippen LogP contribution >= 0.6 is 0 Å². The van der Waals surface area contributed by atoms with Gasteiger partial charge < -0.3 is 14.5 Å². The maximum Gasteiger partial charge on any atom is 0.230 e. The molecule has 2 amide bonds. The summed E-state index contributed by atoms with van der Waals surface area (Å²) >= 11 is 0. The van der Waals surface area contributed by atoms with E-state index in [9.17, 15) is 14.0 Å². The third kappa shape index (κ3) is 2.94. The maximum absolute atomic E-state index is 13.3. The summed E-state index contributed by atoms with van der Waals surface area (Å²) in [5.41, 5.74) is 1.02. The molecule has 30 heavy (non-hydrogen) atoms. The van der Waals surface area contributed by atoms with Gasteiger partial charge in [-0.05, 0) is 17.7 Å². The minimum absolute atomic E-state index is 0.0840. The summed E-state index contributed by atoms with van der Waals surface area (Å²) in [6.45, 7) is 1.19. The first-order valence-electron chi connectivity index (χ1n) is 9.99. The topological polar surface area (TPSA) is 67.7 Å². The molecule has 3 aliphatic rings. The van der Waals surface area contributed by atoms with E-state index < -0.39 is 17.4 Å². The van der Waals surface area contributed by atoms with Crippen molar-refractivity contribution in [3.8, 4) is 0 Å². The highest BCUT2D eigenvalue weighted by Crippen LogP contribution is 2.52. The lowest BCUT2D eigenvalue weighted by Crippen LogP contribution is -2.44. The molecule has 7 nitrogen and oxygen atoms in total. The molecule has 1 aromatic carbocycles. The molecule has 8 heteroatoms. The number of carbonyl (C=O) groups is 2. The van der Waals surface area contributed by atoms with E-state index in [0.717, 1.165) is 11.1 Å². The fourth-order valence-corrected chi connectivity index (χ4v) is 4.96. The lowest BCUT2D eigenvalue weighted by atomic mass is 9.76. The number of benzene rings is 1. The first-order valence-corrected chi connectivity index (χ1v) is 9.99. The van der Waals surface area contributed by atoms with Crippen molar-refractivity contribution in [2.75, 3.05) is 13.6 Å². The van der Waals surface area contributed by atoms with Gasteiger partial charge in [0.25, 0.3) is 0 Å². The minimum atomic E-state index is -0.753. The lowest BCUT2D eigenvalue weighted by Gasteiger charge is -2.27. The van der Waals surface area contributed by atoms with E-state index in [-0.39, 0.29) is 23.7 Å². The van der Waals surface area contributed by atoms with Crippen LogP contribution in [0, 0.1) is 17.7 Å². The monoisotopic (exact) mass is 410 g/mol. The van der Waals surface area contributed by atoms with Gasteiger partial charge in [-0.2, -0.15) is 5.10 Å². The van der Waals surface area contributed by atoms with E-state index in [0.29, 0.717) is 19.6 Å². The van der Waals surface area contributed by atoms with Gasteiger partial charge in [-0.3, -0.25) is 14.3 Å². The quantitative estimate of drug-likeness (QED) is 0.701. The number of carbonyl (C=O) groups excluding carboxylic acids is 2. The van der Waals surface area contributed by atoms with Crippen molar-refractivity contribution < 1.29 is 18.7 Å². The molecule has 2 bridgehead atoms. The van der Waals surface area contributed by atoms with Gasteiger partial charge in [0.05, 0.1) is 30.7 Å². The number of nitrogens with zero attached hydrogens (tertiary/aromatic N) is 4. The highest BCUT2D eigenvalue weighted by Gasteiger charge is 2.67. The van der Waals surface area contributed by atoms with Crippen LogP contribution in [-0.2, 0) is 34.5 Å². The SMILES string of the molecule is CN(Cc1cnn(C)c1)C(=O)C1C2C(=O)N(Cc3ccc(F)cc3)C[C@@]23C=C[C@@H]1O3. The molecule has 3 aliphatic heterocycles. The first kappa shape index (κ1) is 19.0. The Labute approximate surface area is 173 Å². The Morgan fingerprint density at radius 2 is 2.10 bits per heavy atom. The largest absolute Gasteiger partial charge is 0.360 e. The fraction of sp³-hybridized carbons (Fsp3) is 0.409. The predicted molar refractivity (Wildman–Crippen MR) is 105 cm³/mol. The number of fused-ring (bicyclic) bond motifs is 1. The number of halogens is 1. The first-order chi connectivity index (χ1) is 14.4. The molecule has 156 valence electrons. The van der Waals surface area contributed by atoms with Crippen molar-refractivity contribution >= 4 is 11.8 Å². The molecule has 0 radical (unpaired) electrons. The molecule has 2 fully saturated rings. The second-order valence-electron chi connectivity index (χ2n) is 8.44. The maximum atomic E-state index is 13.3. The summed E-state index contributed by atoms with van der Waals surface area (Å²) in [7, 11) is 3.57. The highest BCUT2D eigenvalue weighted by atomic mass is 19.1. The van der Waals surface area contributed by atoms with E-state index in [2.05, 4.69) is 5.10 Å². The summed E-state index contributed by atoms with van der Waals surface area (Å²) < 4.78 is 21.1. The summed E-state index contributed by atoms with van der Waals surface area (Å²) in [5.74, 6) is -1.57. The molecule has 2 aromatic rings. The number of aryl methyl sites for hydroxylation is 1. The third-order valence-electron chi connectivity index (χ3n) is 6.30. The Kier molecular flexibility index (Phi) is 4.28. The van der Waals surface area contributed by atoms with Crippen LogP contribution in [0.5, 0.6) is 0 Å². The number of hydrogen-bond donors (Lipinski definition) is 0. The number of ether oxygens (including phenoxy) is 1. The molecule has 0 saturated carbocycles. The van der Waals surface area contributed by atoms with Gasteiger partial charge in [-0.25, -0.2) is 4.39 Å². The van der Waals surface area contributed by atoms with Crippen molar-refractivity contribution in [3.63, 3.8) is 0 Å². The van der Waals surface area contributed by atoms with Crippen LogP contribution in [0.1, 0.15) is 11.1 Å². The zero-order valence-electron chi connectivity index (χ0n) is 16.9. The van der Waals surface area contributed by atoms with Crippen molar-refractivity contribution in [2.24, 2.45) is 18.9 Å². The molecule has 4 heterocycles. The van der Waals surface area contributed by atoms with Crippen molar-refractivity contribution in [3.05, 3.63) is 65.8 Å². The van der Waals surface area contributed by atoms with Crippen LogP contribution in [0.15, 0.2) is 48.8 Å².